The Labute approximate surface area is 60.1 Å². The maximum atomic E-state index is 10.5. The Morgan fingerprint density at radius 3 is 2.60 bits per heavy atom. The molecule has 4 nitrogen and oxygen atoms in total. The molecule has 4 heteroatoms. The van der Waals surface area contributed by atoms with Gasteiger partial charge < -0.3 is 14.2 Å². The third-order valence-corrected chi connectivity index (χ3v) is 0.808. The summed E-state index contributed by atoms with van der Waals surface area (Å²) in [7, 11) is 1.44. The maximum Gasteiger partial charge on any atom is 0.510 e. The average molecular weight is 147 g/mol. The zero-order valence-corrected chi connectivity index (χ0v) is 6.29. The Hall–Kier alpha value is -0.770. The summed E-state index contributed by atoms with van der Waals surface area (Å²) in [5, 5.41) is 0. The van der Waals surface area contributed by atoms with E-state index in [2.05, 4.69) is 14.2 Å². The lowest BCUT2D eigenvalue weighted by Crippen LogP contribution is -2.16. The molecular weight excluding hydrogens is 136 g/mol. The maximum absolute atomic E-state index is 10.5. The lowest BCUT2D eigenvalue weighted by Gasteiger charge is -2.09. The van der Waals surface area contributed by atoms with Crippen LogP contribution < -0.4 is 0 Å². The summed E-state index contributed by atoms with van der Waals surface area (Å²) >= 11 is 0. The van der Waals surface area contributed by atoms with Crippen LogP contribution >= 0.6 is 0 Å². The number of carbonyl (C=O) groups excluding carboxylic acids is 1. The molecule has 1 radical (unpaired) electrons. The van der Waals surface area contributed by atoms with Crippen molar-refractivity contribution in [1.29, 1.82) is 0 Å². The van der Waals surface area contributed by atoms with E-state index in [1.807, 2.05) is 0 Å². The second-order valence-electron chi connectivity index (χ2n) is 1.52. The molecule has 0 fully saturated rings. The van der Waals surface area contributed by atoms with E-state index in [-0.39, 0.29) is 0 Å². The highest BCUT2D eigenvalue weighted by atomic mass is 16.8. The summed E-state index contributed by atoms with van der Waals surface area (Å²) in [5.41, 5.74) is 0. The van der Waals surface area contributed by atoms with Crippen molar-refractivity contribution in [3.8, 4) is 0 Å². The van der Waals surface area contributed by atoms with Crippen LogP contribution in [-0.4, -0.2) is 19.6 Å². The molecular formula is C6H11O4. The first-order valence-corrected chi connectivity index (χ1v) is 2.88. The molecule has 1 atom stereocenters. The molecule has 0 rings (SSSR count). The normalized spacial score (nSPS) is 12.3. The molecule has 0 aromatic rings. The number of hydrogen-bond acceptors (Lipinski definition) is 4. The summed E-state index contributed by atoms with van der Waals surface area (Å²) < 4.78 is 13.5. The van der Waals surface area contributed by atoms with Gasteiger partial charge in [0.2, 0.25) is 6.29 Å². The highest BCUT2D eigenvalue weighted by Gasteiger charge is 2.07. The lowest BCUT2D eigenvalue weighted by molar-refractivity contribution is -0.0869. The van der Waals surface area contributed by atoms with Crippen molar-refractivity contribution in [1.82, 2.24) is 0 Å². The van der Waals surface area contributed by atoms with Crippen LogP contribution in [0, 0.1) is 6.61 Å². The molecule has 10 heavy (non-hydrogen) atoms. The average Bonchev–Trinajstić information content (AvgIpc) is 1.88. The van der Waals surface area contributed by atoms with E-state index in [9.17, 15) is 4.79 Å². The smallest absolute Gasteiger partial charge is 0.427 e. The molecule has 1 unspecified atom stereocenters. The summed E-state index contributed by atoms with van der Waals surface area (Å²) in [6.07, 6.45) is -1.32. The fraction of sp³-hybridized carbons (Fsp3) is 0.667. The van der Waals surface area contributed by atoms with Crippen molar-refractivity contribution in [2.45, 2.75) is 20.1 Å². The van der Waals surface area contributed by atoms with Crippen molar-refractivity contribution < 1.29 is 19.0 Å². The minimum atomic E-state index is -0.753. The predicted molar refractivity (Wildman–Crippen MR) is 34.0 cm³/mol. The molecule has 0 spiro atoms. The van der Waals surface area contributed by atoms with E-state index in [4.69, 9.17) is 0 Å². The van der Waals surface area contributed by atoms with Gasteiger partial charge in [-0.2, -0.15) is 0 Å². The Kier molecular flexibility index (Phi) is 4.66. The number of rotatable bonds is 3. The van der Waals surface area contributed by atoms with Crippen LogP contribution in [0.2, 0.25) is 0 Å². The van der Waals surface area contributed by atoms with Gasteiger partial charge in [-0.1, -0.05) is 0 Å². The van der Waals surface area contributed by atoms with Crippen molar-refractivity contribution >= 4 is 6.16 Å². The van der Waals surface area contributed by atoms with Gasteiger partial charge >= 0.3 is 6.16 Å². The summed E-state index contributed by atoms with van der Waals surface area (Å²) in [5.74, 6) is 0. The highest BCUT2D eigenvalue weighted by molar-refractivity contribution is 5.60. The van der Waals surface area contributed by atoms with Gasteiger partial charge in [0.25, 0.3) is 0 Å². The monoisotopic (exact) mass is 147 g/mol. The second-order valence-corrected chi connectivity index (χ2v) is 1.52. The van der Waals surface area contributed by atoms with Gasteiger partial charge in [0.15, 0.2) is 0 Å². The van der Waals surface area contributed by atoms with Gasteiger partial charge in [-0.05, 0) is 13.8 Å². The minimum Gasteiger partial charge on any atom is -0.427 e. The molecule has 0 heterocycles. The first-order chi connectivity index (χ1) is 4.70. The second kappa shape index (κ2) is 5.05. The van der Waals surface area contributed by atoms with Crippen LogP contribution in [0.3, 0.4) is 0 Å². The number of methoxy groups -OCH3 is 1. The van der Waals surface area contributed by atoms with E-state index in [1.54, 1.807) is 13.8 Å². The highest BCUT2D eigenvalue weighted by Crippen LogP contribution is 1.94. The molecule has 0 saturated carbocycles. The van der Waals surface area contributed by atoms with Gasteiger partial charge in [0, 0.05) is 7.11 Å². The van der Waals surface area contributed by atoms with Crippen molar-refractivity contribution in [3.05, 3.63) is 6.61 Å². The van der Waals surface area contributed by atoms with Crippen LogP contribution in [0.1, 0.15) is 13.8 Å². The molecule has 0 aliphatic carbocycles. The van der Waals surface area contributed by atoms with Crippen molar-refractivity contribution in [3.63, 3.8) is 0 Å². The molecule has 0 aliphatic heterocycles. The molecule has 59 valence electrons. The van der Waals surface area contributed by atoms with Crippen LogP contribution in [0.15, 0.2) is 0 Å². The largest absolute Gasteiger partial charge is 0.510 e. The van der Waals surface area contributed by atoms with Crippen molar-refractivity contribution in [2.24, 2.45) is 0 Å². The molecule has 0 amide bonds. The molecule has 0 aromatic carbocycles. The van der Waals surface area contributed by atoms with E-state index in [1.165, 1.54) is 13.7 Å². The molecule has 0 aliphatic rings. The van der Waals surface area contributed by atoms with Gasteiger partial charge in [-0.25, -0.2) is 4.79 Å². The van der Waals surface area contributed by atoms with Gasteiger partial charge in [-0.15, -0.1) is 0 Å². The van der Waals surface area contributed by atoms with Crippen LogP contribution in [0.25, 0.3) is 0 Å². The Bertz CT molecular complexity index is 102. The zero-order chi connectivity index (χ0) is 7.98. The summed E-state index contributed by atoms with van der Waals surface area (Å²) in [4.78, 5) is 10.5. The Morgan fingerprint density at radius 1 is 1.60 bits per heavy atom. The van der Waals surface area contributed by atoms with Crippen LogP contribution in [0.4, 0.5) is 4.79 Å². The van der Waals surface area contributed by atoms with E-state index in [0.29, 0.717) is 0 Å². The number of hydrogen-bond donors (Lipinski definition) is 0. The molecule has 0 N–H and O–H groups in total. The summed E-state index contributed by atoms with van der Waals surface area (Å²) in [6, 6.07) is 0. The predicted octanol–water partition coefficient (Wildman–Crippen LogP) is 1.31. The first-order valence-electron chi connectivity index (χ1n) is 2.88. The van der Waals surface area contributed by atoms with E-state index < -0.39 is 12.4 Å². The fourth-order valence-corrected chi connectivity index (χ4v) is 0.308. The molecule has 0 aromatic heterocycles. The fourth-order valence-electron chi connectivity index (χ4n) is 0.308. The summed E-state index contributed by atoms with van der Waals surface area (Å²) in [6.45, 7) is 4.42. The third-order valence-electron chi connectivity index (χ3n) is 0.808. The van der Waals surface area contributed by atoms with E-state index in [0.717, 1.165) is 0 Å². The SMILES string of the molecule is C[CH]OC(=O)OC(C)OC. The lowest BCUT2D eigenvalue weighted by atomic mass is 10.7. The topological polar surface area (TPSA) is 44.8 Å². The van der Waals surface area contributed by atoms with Crippen molar-refractivity contribution in [2.75, 3.05) is 7.11 Å². The van der Waals surface area contributed by atoms with Crippen LogP contribution in [0.5, 0.6) is 0 Å². The first kappa shape index (κ1) is 9.23. The van der Waals surface area contributed by atoms with E-state index >= 15 is 0 Å². The Balaban J connectivity index is 3.37. The molecule has 0 saturated heterocycles. The third kappa shape index (κ3) is 4.14. The van der Waals surface area contributed by atoms with Gasteiger partial charge in [0.1, 0.15) is 6.61 Å². The quantitative estimate of drug-likeness (QED) is 0.446. The minimum absolute atomic E-state index is 0.563. The Morgan fingerprint density at radius 2 is 2.20 bits per heavy atom. The number of carbonyl (C=O) groups is 1. The number of ether oxygens (including phenoxy) is 3. The standard InChI is InChI=1S/C6H11O4/c1-4-9-6(7)10-5(2)8-3/h4-5H,1-3H3. The molecule has 0 bridgehead atoms. The van der Waals surface area contributed by atoms with Gasteiger partial charge in [-0.3, -0.25) is 0 Å². The van der Waals surface area contributed by atoms with Gasteiger partial charge in [0.05, 0.1) is 0 Å². The van der Waals surface area contributed by atoms with Crippen LogP contribution in [-0.2, 0) is 14.2 Å². The zero-order valence-electron chi connectivity index (χ0n) is 6.29.